The van der Waals surface area contributed by atoms with Crippen LogP contribution in [0.15, 0.2) is 24.3 Å². The van der Waals surface area contributed by atoms with Crippen LogP contribution in [0.1, 0.15) is 25.0 Å². The summed E-state index contributed by atoms with van der Waals surface area (Å²) in [6, 6.07) is 7.58. The van der Waals surface area contributed by atoms with Crippen LogP contribution in [0.3, 0.4) is 0 Å². The van der Waals surface area contributed by atoms with Crippen LogP contribution in [0.4, 0.5) is 5.82 Å². The minimum absolute atomic E-state index is 0.247. The Morgan fingerprint density at radius 2 is 2.04 bits per heavy atom. The fourth-order valence-corrected chi connectivity index (χ4v) is 3.08. The molecule has 0 fully saturated rings. The molecule has 0 amide bonds. The topological polar surface area (TPSA) is 52.6 Å². The van der Waals surface area contributed by atoms with Crippen LogP contribution in [0.5, 0.6) is 17.2 Å². The first-order chi connectivity index (χ1) is 11.4. The molecule has 1 aliphatic heterocycles. The number of hydrogen-bond acceptors (Lipinski definition) is 5. The number of methoxy groups -OCH3 is 2. The largest absolute Gasteiger partial charge is 0.497 e. The van der Waals surface area contributed by atoms with Crippen LogP contribution < -0.4 is 19.5 Å². The van der Waals surface area contributed by atoms with Gasteiger partial charge in [0, 0.05) is 30.2 Å². The molecule has 0 saturated carbocycles. The normalized spacial score (nSPS) is 14.7. The van der Waals surface area contributed by atoms with E-state index in [0.29, 0.717) is 17.5 Å². The van der Waals surface area contributed by atoms with E-state index in [1.807, 2.05) is 24.3 Å². The second-order valence-electron chi connectivity index (χ2n) is 6.35. The van der Waals surface area contributed by atoms with Crippen molar-refractivity contribution in [2.75, 3.05) is 19.5 Å². The van der Waals surface area contributed by atoms with Gasteiger partial charge in [0.05, 0.1) is 14.2 Å². The van der Waals surface area contributed by atoms with Gasteiger partial charge in [0.2, 0.25) is 0 Å². The molecule has 0 bridgehead atoms. The quantitative estimate of drug-likeness (QED) is 0.825. The molecular weight excluding hydrogens is 328 g/mol. The smallest absolute Gasteiger partial charge is 0.170 e. The number of rotatable bonds is 5. The Morgan fingerprint density at radius 1 is 1.25 bits per heavy atom. The van der Waals surface area contributed by atoms with E-state index in [2.05, 4.69) is 24.1 Å². The lowest BCUT2D eigenvalue weighted by molar-refractivity contribution is 0.139. The highest BCUT2D eigenvalue weighted by Gasteiger charge is 2.33. The van der Waals surface area contributed by atoms with E-state index in [-0.39, 0.29) is 5.60 Å². The van der Waals surface area contributed by atoms with E-state index in [9.17, 15) is 0 Å². The molecule has 24 heavy (non-hydrogen) atoms. The van der Waals surface area contributed by atoms with Gasteiger partial charge in [0.15, 0.2) is 11.6 Å². The molecule has 5 nitrogen and oxygen atoms in total. The first-order valence-electron chi connectivity index (χ1n) is 7.75. The Labute approximate surface area is 146 Å². The summed E-state index contributed by atoms with van der Waals surface area (Å²) in [4.78, 5) is 4.38. The summed E-state index contributed by atoms with van der Waals surface area (Å²) >= 11 is 6.15. The Bertz CT molecular complexity index is 762. The van der Waals surface area contributed by atoms with E-state index >= 15 is 0 Å². The lowest BCUT2D eigenvalue weighted by atomic mass is 10.0. The zero-order valence-electron chi connectivity index (χ0n) is 14.3. The fourth-order valence-electron chi connectivity index (χ4n) is 2.86. The second-order valence-corrected chi connectivity index (χ2v) is 6.74. The van der Waals surface area contributed by atoms with Gasteiger partial charge in [0.25, 0.3) is 0 Å². The third-order valence-electron chi connectivity index (χ3n) is 3.95. The molecule has 6 heteroatoms. The molecule has 0 radical (unpaired) electrons. The van der Waals surface area contributed by atoms with Crippen LogP contribution in [-0.4, -0.2) is 24.8 Å². The number of halogens is 1. The van der Waals surface area contributed by atoms with Crippen molar-refractivity contribution in [3.8, 4) is 17.2 Å². The molecule has 0 atom stereocenters. The zero-order chi connectivity index (χ0) is 17.3. The van der Waals surface area contributed by atoms with Crippen molar-refractivity contribution in [1.82, 2.24) is 4.98 Å². The predicted octanol–water partition coefficient (Wildman–Crippen LogP) is 4.08. The summed E-state index contributed by atoms with van der Waals surface area (Å²) in [6.07, 6.45) is 0.811. The lowest BCUT2D eigenvalue weighted by Gasteiger charge is -2.18. The van der Waals surface area contributed by atoms with Crippen molar-refractivity contribution in [3.63, 3.8) is 0 Å². The molecule has 2 aromatic rings. The van der Waals surface area contributed by atoms with E-state index in [4.69, 9.17) is 25.8 Å². The van der Waals surface area contributed by atoms with E-state index in [0.717, 1.165) is 34.8 Å². The molecule has 0 aliphatic carbocycles. The van der Waals surface area contributed by atoms with Crippen molar-refractivity contribution < 1.29 is 14.2 Å². The van der Waals surface area contributed by atoms with Crippen LogP contribution in [0.2, 0.25) is 5.15 Å². The maximum absolute atomic E-state index is 6.15. The van der Waals surface area contributed by atoms with E-state index < -0.39 is 0 Å². The molecule has 1 N–H and O–H groups in total. The van der Waals surface area contributed by atoms with Crippen molar-refractivity contribution in [3.05, 3.63) is 40.5 Å². The lowest BCUT2D eigenvalue weighted by Crippen LogP contribution is -2.24. The average Bonchev–Trinajstić information content (AvgIpc) is 2.86. The Balaban J connectivity index is 1.84. The monoisotopic (exact) mass is 348 g/mol. The van der Waals surface area contributed by atoms with Gasteiger partial charge in [-0.15, -0.1) is 0 Å². The standard InChI is InChI=1S/C18H21ClN2O3/c1-18(2)9-12-7-15(19)21-17(16(12)24-18)20-10-11-5-6-13(22-3)8-14(11)23-4/h5-8H,9-10H2,1-4H3,(H,20,21). The molecule has 0 spiro atoms. The maximum Gasteiger partial charge on any atom is 0.170 e. The van der Waals surface area contributed by atoms with Crippen LogP contribution in [0.25, 0.3) is 0 Å². The Morgan fingerprint density at radius 3 is 2.75 bits per heavy atom. The molecule has 0 saturated heterocycles. The Hall–Kier alpha value is -2.14. The van der Waals surface area contributed by atoms with Crippen LogP contribution >= 0.6 is 11.6 Å². The molecule has 1 aromatic heterocycles. The van der Waals surface area contributed by atoms with Gasteiger partial charge in [-0.1, -0.05) is 11.6 Å². The van der Waals surface area contributed by atoms with E-state index in [1.165, 1.54) is 0 Å². The van der Waals surface area contributed by atoms with Crippen molar-refractivity contribution in [1.29, 1.82) is 0 Å². The van der Waals surface area contributed by atoms with Crippen LogP contribution in [0, 0.1) is 0 Å². The van der Waals surface area contributed by atoms with Gasteiger partial charge in [-0.25, -0.2) is 4.98 Å². The summed E-state index contributed by atoms with van der Waals surface area (Å²) in [5, 5.41) is 3.77. The molecule has 2 heterocycles. The average molecular weight is 349 g/mol. The van der Waals surface area contributed by atoms with Gasteiger partial charge in [0.1, 0.15) is 22.3 Å². The number of fused-ring (bicyclic) bond motifs is 1. The van der Waals surface area contributed by atoms with Gasteiger partial charge >= 0.3 is 0 Å². The number of nitrogens with one attached hydrogen (secondary N) is 1. The SMILES string of the molecule is COc1ccc(CNc2nc(Cl)cc3c2OC(C)(C)C3)c(OC)c1. The van der Waals surface area contributed by atoms with Gasteiger partial charge in [-0.2, -0.15) is 0 Å². The summed E-state index contributed by atoms with van der Waals surface area (Å²) in [7, 11) is 3.27. The molecular formula is C18H21ClN2O3. The molecule has 0 unspecified atom stereocenters. The van der Waals surface area contributed by atoms with Crippen molar-refractivity contribution >= 4 is 17.4 Å². The number of ether oxygens (including phenoxy) is 3. The number of nitrogens with zero attached hydrogens (tertiary/aromatic N) is 1. The summed E-state index contributed by atoms with van der Waals surface area (Å²) < 4.78 is 16.7. The Kier molecular flexibility index (Phi) is 4.45. The van der Waals surface area contributed by atoms with Gasteiger partial charge in [-0.05, 0) is 32.0 Å². The number of pyridine rings is 1. The van der Waals surface area contributed by atoms with Gasteiger partial charge < -0.3 is 19.5 Å². The highest BCUT2D eigenvalue weighted by Crippen LogP contribution is 2.41. The summed E-state index contributed by atoms with van der Waals surface area (Å²) in [5.74, 6) is 2.93. The third-order valence-corrected chi connectivity index (χ3v) is 4.15. The molecule has 1 aliphatic rings. The summed E-state index contributed by atoms with van der Waals surface area (Å²) in [6.45, 7) is 4.64. The predicted molar refractivity (Wildman–Crippen MR) is 94.5 cm³/mol. The van der Waals surface area contributed by atoms with Crippen LogP contribution in [-0.2, 0) is 13.0 Å². The maximum atomic E-state index is 6.15. The fraction of sp³-hybridized carbons (Fsp3) is 0.389. The number of hydrogen-bond donors (Lipinski definition) is 1. The third kappa shape index (κ3) is 3.36. The van der Waals surface area contributed by atoms with Gasteiger partial charge in [-0.3, -0.25) is 0 Å². The highest BCUT2D eigenvalue weighted by molar-refractivity contribution is 6.29. The number of benzene rings is 1. The number of anilines is 1. The second kappa shape index (κ2) is 6.40. The summed E-state index contributed by atoms with van der Waals surface area (Å²) in [5.41, 5.74) is 1.82. The van der Waals surface area contributed by atoms with E-state index in [1.54, 1.807) is 14.2 Å². The zero-order valence-corrected chi connectivity index (χ0v) is 15.0. The molecule has 128 valence electrons. The minimum atomic E-state index is -0.247. The first-order valence-corrected chi connectivity index (χ1v) is 8.13. The van der Waals surface area contributed by atoms with Crippen molar-refractivity contribution in [2.24, 2.45) is 0 Å². The highest BCUT2D eigenvalue weighted by atomic mass is 35.5. The molecule has 3 rings (SSSR count). The molecule has 1 aromatic carbocycles. The minimum Gasteiger partial charge on any atom is -0.497 e. The first kappa shape index (κ1) is 16.7. The van der Waals surface area contributed by atoms with Crippen molar-refractivity contribution in [2.45, 2.75) is 32.4 Å². The number of aromatic nitrogens is 1.